The molecule has 0 bridgehead atoms. The fourth-order valence-electron chi connectivity index (χ4n) is 1.19. The van der Waals surface area contributed by atoms with Crippen LogP contribution in [0.3, 0.4) is 0 Å². The van der Waals surface area contributed by atoms with E-state index in [2.05, 4.69) is 0 Å². The van der Waals surface area contributed by atoms with E-state index in [0.29, 0.717) is 5.75 Å². The van der Waals surface area contributed by atoms with Gasteiger partial charge >= 0.3 is 0 Å². The van der Waals surface area contributed by atoms with E-state index in [9.17, 15) is 5.11 Å². The molecule has 3 N–H and O–H groups in total. The number of nitrogens with two attached hydrogens (primary N) is 1. The van der Waals surface area contributed by atoms with E-state index in [1.54, 1.807) is 6.07 Å². The molecule has 1 aromatic rings. The van der Waals surface area contributed by atoms with E-state index in [-0.39, 0.29) is 18.4 Å². The molecule has 0 aromatic heterocycles. The van der Waals surface area contributed by atoms with Gasteiger partial charge in [-0.15, -0.1) is 12.4 Å². The van der Waals surface area contributed by atoms with Crippen molar-refractivity contribution in [3.05, 3.63) is 29.3 Å². The Balaban J connectivity index is 0.00000144. The predicted octanol–water partition coefficient (Wildman–Crippen LogP) is 2.53. The molecule has 0 spiro atoms. The van der Waals surface area contributed by atoms with Gasteiger partial charge < -0.3 is 10.8 Å². The molecule has 0 fully saturated rings. The Kier molecular flexibility index (Phi) is 4.81. The van der Waals surface area contributed by atoms with Gasteiger partial charge in [0.1, 0.15) is 5.75 Å². The number of halogens is 1. The lowest BCUT2D eigenvalue weighted by Gasteiger charge is -2.11. The summed E-state index contributed by atoms with van der Waals surface area (Å²) in [5, 5.41) is 9.46. The Hall–Kier alpha value is -0.730. The largest absolute Gasteiger partial charge is 0.508 e. The minimum absolute atomic E-state index is 0. The van der Waals surface area contributed by atoms with Crippen LogP contribution in [0, 0.1) is 6.92 Å². The Bertz CT molecular complexity index is 276. The van der Waals surface area contributed by atoms with E-state index in [0.717, 1.165) is 17.5 Å². The van der Waals surface area contributed by atoms with Gasteiger partial charge in [0.05, 0.1) is 0 Å². The van der Waals surface area contributed by atoms with Gasteiger partial charge in [0.15, 0.2) is 0 Å². The number of hydrogen-bond donors (Lipinski definition) is 2. The highest BCUT2D eigenvalue weighted by molar-refractivity contribution is 5.85. The van der Waals surface area contributed by atoms with Gasteiger partial charge in [0.25, 0.3) is 0 Å². The van der Waals surface area contributed by atoms with Crippen LogP contribution in [0.1, 0.15) is 30.5 Å². The van der Waals surface area contributed by atoms with Gasteiger partial charge in [-0.25, -0.2) is 0 Å². The Morgan fingerprint density at radius 2 is 2.08 bits per heavy atom. The van der Waals surface area contributed by atoms with Crippen molar-refractivity contribution >= 4 is 12.4 Å². The first-order chi connectivity index (χ1) is 5.65. The maximum absolute atomic E-state index is 9.46. The zero-order valence-corrected chi connectivity index (χ0v) is 8.77. The smallest absolute Gasteiger partial charge is 0.120 e. The summed E-state index contributed by atoms with van der Waals surface area (Å²) in [7, 11) is 0. The molecule has 1 rings (SSSR count). The van der Waals surface area contributed by atoms with E-state index in [1.807, 2.05) is 26.0 Å². The van der Waals surface area contributed by atoms with Gasteiger partial charge in [-0.3, -0.25) is 0 Å². The van der Waals surface area contributed by atoms with E-state index < -0.39 is 0 Å². The average Bonchev–Trinajstić information content (AvgIpc) is 2.08. The molecular weight excluding hydrogens is 186 g/mol. The second-order valence-corrected chi connectivity index (χ2v) is 3.08. The van der Waals surface area contributed by atoms with Gasteiger partial charge in [-0.1, -0.05) is 24.6 Å². The molecule has 3 heteroatoms. The number of aryl methyl sites for hydroxylation is 1. The van der Waals surface area contributed by atoms with Gasteiger partial charge in [0.2, 0.25) is 0 Å². The molecule has 2 nitrogen and oxygen atoms in total. The van der Waals surface area contributed by atoms with Crippen LogP contribution >= 0.6 is 12.4 Å². The fourth-order valence-corrected chi connectivity index (χ4v) is 1.19. The van der Waals surface area contributed by atoms with Crippen LogP contribution in [0.2, 0.25) is 0 Å². The molecule has 0 amide bonds. The summed E-state index contributed by atoms with van der Waals surface area (Å²) >= 11 is 0. The van der Waals surface area contributed by atoms with Crippen LogP contribution in [-0.2, 0) is 0 Å². The highest BCUT2D eigenvalue weighted by Gasteiger charge is 2.07. The molecule has 0 saturated carbocycles. The summed E-state index contributed by atoms with van der Waals surface area (Å²) in [5.74, 6) is 0.301. The van der Waals surface area contributed by atoms with Crippen molar-refractivity contribution < 1.29 is 5.11 Å². The second-order valence-electron chi connectivity index (χ2n) is 3.08. The van der Waals surface area contributed by atoms with Gasteiger partial charge in [-0.05, 0) is 19.4 Å². The molecule has 1 aromatic carbocycles. The van der Waals surface area contributed by atoms with Gasteiger partial charge in [0, 0.05) is 11.6 Å². The number of phenolic OH excluding ortho intramolecular Hbond substituents is 1. The quantitative estimate of drug-likeness (QED) is 0.773. The maximum atomic E-state index is 9.46. The third-order valence-corrected chi connectivity index (χ3v) is 2.02. The maximum Gasteiger partial charge on any atom is 0.120 e. The van der Waals surface area contributed by atoms with Gasteiger partial charge in [-0.2, -0.15) is 0 Å². The summed E-state index contributed by atoms with van der Waals surface area (Å²) in [6, 6.07) is 5.45. The standard InChI is InChI=1S/C10H15NO.ClH/c1-3-9(11)8-6-7(2)4-5-10(8)12;/h4-6,9,12H,3,11H2,1-2H3;1H/t9-;/m1./s1. The molecule has 0 radical (unpaired) electrons. The molecule has 0 aliphatic carbocycles. The van der Waals surface area contributed by atoms with E-state index in [4.69, 9.17) is 5.73 Å². The fraction of sp³-hybridized carbons (Fsp3) is 0.400. The average molecular weight is 202 g/mol. The first-order valence-corrected chi connectivity index (χ1v) is 4.20. The SMILES string of the molecule is CC[C@@H](N)c1cc(C)ccc1O.Cl. The lowest BCUT2D eigenvalue weighted by molar-refractivity contribution is 0.460. The lowest BCUT2D eigenvalue weighted by Crippen LogP contribution is -2.08. The van der Waals surface area contributed by atoms with Crippen molar-refractivity contribution in [2.45, 2.75) is 26.3 Å². The molecule has 0 unspecified atom stereocenters. The number of rotatable bonds is 2. The van der Waals surface area contributed by atoms with Crippen LogP contribution in [0.4, 0.5) is 0 Å². The molecule has 0 aliphatic heterocycles. The molecule has 74 valence electrons. The molecular formula is C10H16ClNO. The van der Waals surface area contributed by atoms with Crippen molar-refractivity contribution in [2.75, 3.05) is 0 Å². The van der Waals surface area contributed by atoms with Crippen LogP contribution in [0.25, 0.3) is 0 Å². The van der Waals surface area contributed by atoms with Crippen molar-refractivity contribution in [1.82, 2.24) is 0 Å². The van der Waals surface area contributed by atoms with Crippen molar-refractivity contribution in [2.24, 2.45) is 5.73 Å². The van der Waals surface area contributed by atoms with E-state index >= 15 is 0 Å². The normalized spacial score (nSPS) is 11.9. The highest BCUT2D eigenvalue weighted by Crippen LogP contribution is 2.25. The topological polar surface area (TPSA) is 46.2 Å². The Morgan fingerprint density at radius 3 is 2.62 bits per heavy atom. The molecule has 0 aliphatic rings. The molecule has 0 saturated heterocycles. The molecule has 0 heterocycles. The predicted molar refractivity (Wildman–Crippen MR) is 57.3 cm³/mol. The summed E-state index contributed by atoms with van der Waals surface area (Å²) in [6.45, 7) is 4.00. The number of aromatic hydroxyl groups is 1. The third kappa shape index (κ3) is 2.90. The summed E-state index contributed by atoms with van der Waals surface area (Å²) in [4.78, 5) is 0. The Morgan fingerprint density at radius 1 is 1.46 bits per heavy atom. The van der Waals surface area contributed by atoms with Crippen LogP contribution in [0.15, 0.2) is 18.2 Å². The third-order valence-electron chi connectivity index (χ3n) is 2.02. The number of hydrogen-bond acceptors (Lipinski definition) is 2. The second kappa shape index (κ2) is 5.10. The first kappa shape index (κ1) is 12.3. The summed E-state index contributed by atoms with van der Waals surface area (Å²) in [6.07, 6.45) is 0.844. The van der Waals surface area contributed by atoms with Crippen molar-refractivity contribution in [3.8, 4) is 5.75 Å². The van der Waals surface area contributed by atoms with Crippen LogP contribution in [-0.4, -0.2) is 5.11 Å². The Labute approximate surface area is 85.2 Å². The number of phenols is 1. The lowest BCUT2D eigenvalue weighted by atomic mass is 10.0. The molecule has 1 atom stereocenters. The number of benzene rings is 1. The zero-order valence-electron chi connectivity index (χ0n) is 7.95. The van der Waals surface area contributed by atoms with Crippen molar-refractivity contribution in [3.63, 3.8) is 0 Å². The van der Waals surface area contributed by atoms with E-state index in [1.165, 1.54) is 0 Å². The minimum Gasteiger partial charge on any atom is -0.508 e. The van der Waals surface area contributed by atoms with Crippen LogP contribution < -0.4 is 5.73 Å². The molecule has 13 heavy (non-hydrogen) atoms. The van der Waals surface area contributed by atoms with Crippen LogP contribution in [0.5, 0.6) is 5.75 Å². The monoisotopic (exact) mass is 201 g/mol. The first-order valence-electron chi connectivity index (χ1n) is 4.20. The minimum atomic E-state index is -0.0510. The zero-order chi connectivity index (χ0) is 9.14. The van der Waals surface area contributed by atoms with Crippen molar-refractivity contribution in [1.29, 1.82) is 0 Å². The summed E-state index contributed by atoms with van der Waals surface area (Å²) < 4.78 is 0. The highest BCUT2D eigenvalue weighted by atomic mass is 35.5. The summed E-state index contributed by atoms with van der Waals surface area (Å²) in [5.41, 5.74) is 7.78.